The molecule has 1 aliphatic heterocycles. The predicted octanol–water partition coefficient (Wildman–Crippen LogP) is 3.59. The zero-order chi connectivity index (χ0) is 22.8. The van der Waals surface area contributed by atoms with Crippen molar-refractivity contribution in [3.63, 3.8) is 0 Å². The summed E-state index contributed by atoms with van der Waals surface area (Å²) in [5, 5.41) is 0.606. The molecule has 0 bridgehead atoms. The highest BCUT2D eigenvalue weighted by atomic mass is 35.5. The molecule has 33 heavy (non-hydrogen) atoms. The molecule has 2 aromatic carbocycles. The molecular weight excluding hydrogens is 464 g/mol. The molecule has 1 fully saturated rings. The molecule has 3 amide bonds. The average molecular weight is 489 g/mol. The van der Waals surface area contributed by atoms with Gasteiger partial charge >= 0.3 is 0 Å². The summed E-state index contributed by atoms with van der Waals surface area (Å²) in [5.74, 6) is 0.0868. The minimum absolute atomic E-state index is 0. The molecule has 10 heteroatoms. The highest BCUT2D eigenvalue weighted by Crippen LogP contribution is 2.32. The number of methoxy groups -OCH3 is 1. The first kappa shape index (κ1) is 24.6. The van der Waals surface area contributed by atoms with Crippen LogP contribution >= 0.6 is 23.7 Å². The fourth-order valence-corrected chi connectivity index (χ4v) is 4.47. The molecule has 1 saturated heterocycles. The van der Waals surface area contributed by atoms with E-state index in [2.05, 4.69) is 4.98 Å². The first-order valence-corrected chi connectivity index (χ1v) is 11.1. The van der Waals surface area contributed by atoms with Crippen molar-refractivity contribution in [1.82, 2.24) is 9.88 Å². The lowest BCUT2D eigenvalue weighted by Crippen LogP contribution is -2.36. The van der Waals surface area contributed by atoms with Gasteiger partial charge in [0, 0.05) is 37.6 Å². The molecular formula is C23H25ClN4O4S. The van der Waals surface area contributed by atoms with Crippen molar-refractivity contribution >= 4 is 62.5 Å². The van der Waals surface area contributed by atoms with Crippen molar-refractivity contribution < 1.29 is 19.1 Å². The SMILES string of the molecule is COc1ccc2sc(N(CCN(C)C)C(=O)c3ccc(N4C(=O)CCC4=O)cc3)nc2c1.Cl. The monoisotopic (exact) mass is 488 g/mol. The molecule has 4 rings (SSSR count). The second-order valence-electron chi connectivity index (χ2n) is 7.76. The van der Waals surface area contributed by atoms with Gasteiger partial charge in [-0.25, -0.2) is 4.98 Å². The first-order chi connectivity index (χ1) is 15.4. The number of imide groups is 1. The van der Waals surface area contributed by atoms with E-state index in [0.29, 0.717) is 35.2 Å². The number of nitrogens with zero attached hydrogens (tertiary/aromatic N) is 4. The highest BCUT2D eigenvalue weighted by Gasteiger charge is 2.30. The van der Waals surface area contributed by atoms with Crippen molar-refractivity contribution in [2.24, 2.45) is 0 Å². The van der Waals surface area contributed by atoms with Gasteiger partial charge in [0.05, 0.1) is 23.0 Å². The molecule has 1 aromatic heterocycles. The molecule has 8 nitrogen and oxygen atoms in total. The molecule has 2 heterocycles. The second-order valence-corrected chi connectivity index (χ2v) is 8.77. The van der Waals surface area contributed by atoms with E-state index in [-0.39, 0.29) is 43.0 Å². The van der Waals surface area contributed by atoms with Gasteiger partial charge in [-0.05, 0) is 50.5 Å². The molecule has 0 unspecified atom stereocenters. The average Bonchev–Trinajstić information content (AvgIpc) is 3.35. The van der Waals surface area contributed by atoms with Crippen LogP contribution in [-0.2, 0) is 9.59 Å². The molecule has 1 aliphatic rings. The Morgan fingerprint density at radius 2 is 1.73 bits per heavy atom. The smallest absolute Gasteiger partial charge is 0.260 e. The summed E-state index contributed by atoms with van der Waals surface area (Å²) in [7, 11) is 5.50. The number of halogens is 1. The molecule has 174 valence electrons. The summed E-state index contributed by atoms with van der Waals surface area (Å²) in [5.41, 5.74) is 1.72. The van der Waals surface area contributed by atoms with Crippen LogP contribution in [0.25, 0.3) is 10.2 Å². The number of benzene rings is 2. The number of hydrogen-bond acceptors (Lipinski definition) is 7. The molecule has 0 saturated carbocycles. The third-order valence-corrected chi connectivity index (χ3v) is 6.31. The fraction of sp³-hybridized carbons (Fsp3) is 0.304. The van der Waals surface area contributed by atoms with Gasteiger partial charge in [0.15, 0.2) is 5.13 Å². The largest absolute Gasteiger partial charge is 0.497 e. The Morgan fingerprint density at radius 1 is 1.06 bits per heavy atom. The third-order valence-electron chi connectivity index (χ3n) is 5.25. The topological polar surface area (TPSA) is 83.0 Å². The molecule has 0 atom stereocenters. The third kappa shape index (κ3) is 5.16. The predicted molar refractivity (Wildman–Crippen MR) is 132 cm³/mol. The van der Waals surface area contributed by atoms with Crippen molar-refractivity contribution in [3.05, 3.63) is 48.0 Å². The Kier molecular flexibility index (Phi) is 7.68. The number of amides is 3. The Balaban J connectivity index is 0.00000306. The van der Waals surface area contributed by atoms with Crippen LogP contribution in [0.5, 0.6) is 5.75 Å². The molecule has 3 aromatic rings. The van der Waals surface area contributed by atoms with Gasteiger partial charge in [-0.3, -0.25) is 24.2 Å². The van der Waals surface area contributed by atoms with Gasteiger partial charge in [-0.15, -0.1) is 12.4 Å². The number of ether oxygens (including phenoxy) is 1. The Labute approximate surface area is 202 Å². The van der Waals surface area contributed by atoms with E-state index in [1.165, 1.54) is 16.2 Å². The minimum atomic E-state index is -0.216. The summed E-state index contributed by atoms with van der Waals surface area (Å²) in [6.45, 7) is 1.13. The van der Waals surface area contributed by atoms with E-state index in [1.54, 1.807) is 36.3 Å². The summed E-state index contributed by atoms with van der Waals surface area (Å²) < 4.78 is 6.24. The quantitative estimate of drug-likeness (QED) is 0.473. The van der Waals surface area contributed by atoms with Crippen LogP contribution in [0.3, 0.4) is 0 Å². The zero-order valence-electron chi connectivity index (χ0n) is 18.6. The molecule has 0 aliphatic carbocycles. The Bertz CT molecular complexity index is 1160. The number of carbonyl (C=O) groups excluding carboxylic acids is 3. The van der Waals surface area contributed by atoms with Crippen LogP contribution in [0.2, 0.25) is 0 Å². The molecule has 0 spiro atoms. The summed E-state index contributed by atoms with van der Waals surface area (Å²) in [6, 6.07) is 12.2. The number of aromatic nitrogens is 1. The van der Waals surface area contributed by atoms with E-state index in [0.717, 1.165) is 10.2 Å². The lowest BCUT2D eigenvalue weighted by molar-refractivity contribution is -0.121. The molecule has 0 N–H and O–H groups in total. The summed E-state index contributed by atoms with van der Waals surface area (Å²) in [4.78, 5) is 46.9. The van der Waals surface area contributed by atoms with Crippen molar-refractivity contribution in [3.8, 4) is 5.75 Å². The number of fused-ring (bicyclic) bond motifs is 1. The Hall–Kier alpha value is -3.01. The van der Waals surface area contributed by atoms with Crippen LogP contribution in [0.1, 0.15) is 23.2 Å². The number of thiazole rings is 1. The maximum Gasteiger partial charge on any atom is 0.260 e. The maximum atomic E-state index is 13.4. The number of hydrogen-bond donors (Lipinski definition) is 0. The van der Waals surface area contributed by atoms with Crippen molar-refractivity contribution in [2.45, 2.75) is 12.8 Å². The van der Waals surface area contributed by atoms with Crippen LogP contribution in [0.4, 0.5) is 10.8 Å². The van der Waals surface area contributed by atoms with E-state index in [1.807, 2.05) is 37.2 Å². The second kappa shape index (κ2) is 10.3. The standard InChI is InChI=1S/C23H24N4O4S.ClH/c1-25(2)12-13-26(23-24-18-14-17(31-3)8-9-19(18)32-23)22(30)15-4-6-16(7-5-15)27-20(28)10-11-21(27)29;/h4-9,14H,10-13H2,1-3H3;1H. The van der Waals surface area contributed by atoms with Gasteiger partial charge in [0.2, 0.25) is 11.8 Å². The number of anilines is 2. The maximum absolute atomic E-state index is 13.4. The number of rotatable bonds is 7. The summed E-state index contributed by atoms with van der Waals surface area (Å²) >= 11 is 1.45. The fourth-order valence-electron chi connectivity index (χ4n) is 3.50. The van der Waals surface area contributed by atoms with Crippen molar-refractivity contribution in [2.75, 3.05) is 44.1 Å². The normalized spacial score (nSPS) is 13.5. The van der Waals surface area contributed by atoms with Crippen molar-refractivity contribution in [1.29, 1.82) is 0 Å². The van der Waals surface area contributed by atoms with Gasteiger partial charge < -0.3 is 9.64 Å². The first-order valence-electron chi connectivity index (χ1n) is 10.2. The van der Waals surface area contributed by atoms with E-state index in [4.69, 9.17) is 4.74 Å². The van der Waals surface area contributed by atoms with Crippen LogP contribution < -0.4 is 14.5 Å². The Morgan fingerprint density at radius 3 is 2.33 bits per heavy atom. The zero-order valence-corrected chi connectivity index (χ0v) is 20.2. The van der Waals surface area contributed by atoms with Gasteiger partial charge in [-0.1, -0.05) is 11.3 Å². The minimum Gasteiger partial charge on any atom is -0.497 e. The summed E-state index contributed by atoms with van der Waals surface area (Å²) in [6.07, 6.45) is 0.445. The van der Waals surface area contributed by atoms with Crippen LogP contribution in [0.15, 0.2) is 42.5 Å². The van der Waals surface area contributed by atoms with E-state index >= 15 is 0 Å². The molecule has 0 radical (unpaired) electrons. The van der Waals surface area contributed by atoms with Crippen LogP contribution in [-0.4, -0.2) is 61.9 Å². The van der Waals surface area contributed by atoms with E-state index in [9.17, 15) is 14.4 Å². The van der Waals surface area contributed by atoms with Gasteiger partial charge in [0.25, 0.3) is 5.91 Å². The number of carbonyl (C=O) groups is 3. The lowest BCUT2D eigenvalue weighted by atomic mass is 10.1. The highest BCUT2D eigenvalue weighted by molar-refractivity contribution is 7.22. The van der Waals surface area contributed by atoms with E-state index < -0.39 is 0 Å². The van der Waals surface area contributed by atoms with Gasteiger partial charge in [-0.2, -0.15) is 0 Å². The number of likely N-dealkylation sites (N-methyl/N-ethyl adjacent to an activating group) is 1. The van der Waals surface area contributed by atoms with Gasteiger partial charge in [0.1, 0.15) is 5.75 Å². The van der Waals surface area contributed by atoms with Crippen LogP contribution in [0, 0.1) is 0 Å². The lowest BCUT2D eigenvalue weighted by Gasteiger charge is -2.22.